The van der Waals surface area contributed by atoms with Crippen LogP contribution in [0.4, 0.5) is 4.79 Å². The van der Waals surface area contributed by atoms with E-state index in [4.69, 9.17) is 14.2 Å². The van der Waals surface area contributed by atoms with Crippen LogP contribution in [0.1, 0.15) is 29.8 Å². The maximum atomic E-state index is 13.4. The number of hydrogen-bond donors (Lipinski definition) is 1. The molecule has 0 spiro atoms. The smallest absolute Gasteiger partial charge is 0.317 e. The van der Waals surface area contributed by atoms with E-state index in [-0.39, 0.29) is 24.5 Å². The predicted molar refractivity (Wildman–Crippen MR) is 128 cm³/mol. The fourth-order valence-electron chi connectivity index (χ4n) is 3.79. The Bertz CT molecular complexity index is 919. The van der Waals surface area contributed by atoms with Crippen molar-refractivity contribution in [2.45, 2.75) is 25.8 Å². The van der Waals surface area contributed by atoms with Crippen molar-refractivity contribution in [2.75, 3.05) is 53.6 Å². The highest BCUT2D eigenvalue weighted by atomic mass is 32.1. The summed E-state index contributed by atoms with van der Waals surface area (Å²) in [5, 5.41) is 4.91. The van der Waals surface area contributed by atoms with Gasteiger partial charge in [0.15, 0.2) is 0 Å². The Morgan fingerprint density at radius 2 is 2.06 bits per heavy atom. The lowest BCUT2D eigenvalue weighted by Crippen LogP contribution is -2.50. The first-order valence-corrected chi connectivity index (χ1v) is 12.1. The van der Waals surface area contributed by atoms with E-state index < -0.39 is 0 Å². The number of fused-ring (bicyclic) bond motifs is 1. The second-order valence-electron chi connectivity index (χ2n) is 7.79. The average molecular weight is 476 g/mol. The van der Waals surface area contributed by atoms with Crippen LogP contribution < -0.4 is 14.8 Å². The van der Waals surface area contributed by atoms with Crippen LogP contribution in [-0.4, -0.2) is 75.4 Å². The van der Waals surface area contributed by atoms with Gasteiger partial charge in [-0.05, 0) is 42.0 Å². The largest absolute Gasteiger partial charge is 0.497 e. The first kappa shape index (κ1) is 24.9. The van der Waals surface area contributed by atoms with Gasteiger partial charge < -0.3 is 29.3 Å². The summed E-state index contributed by atoms with van der Waals surface area (Å²) in [6.45, 7) is 4.17. The number of carbonyl (C=O) groups excluding carboxylic acids is 2. The van der Waals surface area contributed by atoms with Crippen molar-refractivity contribution in [3.05, 3.63) is 46.2 Å². The molecule has 0 radical (unpaired) electrons. The Labute approximate surface area is 199 Å². The van der Waals surface area contributed by atoms with Gasteiger partial charge in [0.2, 0.25) is 5.91 Å². The SMILES string of the molecule is CCCNC(=O)N(CCOC)CC(=O)N1CCc2sccc2[C@H]1COc1cccc(OC)c1. The molecule has 0 aliphatic carbocycles. The van der Waals surface area contributed by atoms with Gasteiger partial charge in [-0.3, -0.25) is 4.79 Å². The van der Waals surface area contributed by atoms with Gasteiger partial charge in [-0.1, -0.05) is 13.0 Å². The number of carbonyl (C=O) groups is 2. The van der Waals surface area contributed by atoms with Gasteiger partial charge in [-0.2, -0.15) is 0 Å². The molecule has 33 heavy (non-hydrogen) atoms. The number of nitrogens with zero attached hydrogens (tertiary/aromatic N) is 2. The number of rotatable bonds is 11. The van der Waals surface area contributed by atoms with Crippen molar-refractivity contribution in [3.8, 4) is 11.5 Å². The molecule has 2 heterocycles. The summed E-state index contributed by atoms with van der Waals surface area (Å²) in [6.07, 6.45) is 1.63. The zero-order valence-corrected chi connectivity index (χ0v) is 20.4. The Morgan fingerprint density at radius 1 is 1.24 bits per heavy atom. The molecule has 8 nitrogen and oxygen atoms in total. The summed E-state index contributed by atoms with van der Waals surface area (Å²) >= 11 is 1.71. The highest BCUT2D eigenvalue weighted by Crippen LogP contribution is 2.34. The van der Waals surface area contributed by atoms with E-state index in [2.05, 4.69) is 16.8 Å². The Balaban J connectivity index is 1.73. The molecule has 9 heteroatoms. The second-order valence-corrected chi connectivity index (χ2v) is 8.79. The highest BCUT2D eigenvalue weighted by molar-refractivity contribution is 7.10. The molecule has 1 aromatic carbocycles. The summed E-state index contributed by atoms with van der Waals surface area (Å²) < 4.78 is 16.5. The third-order valence-corrected chi connectivity index (χ3v) is 6.57. The minimum absolute atomic E-state index is 0.00591. The second kappa shape index (κ2) is 12.5. The predicted octanol–water partition coefficient (Wildman–Crippen LogP) is 3.33. The number of thiophene rings is 1. The minimum atomic E-state index is -0.250. The van der Waals surface area contributed by atoms with Crippen molar-refractivity contribution >= 4 is 23.3 Å². The average Bonchev–Trinajstić information content (AvgIpc) is 3.32. The van der Waals surface area contributed by atoms with E-state index in [1.807, 2.05) is 36.1 Å². The van der Waals surface area contributed by atoms with Crippen LogP contribution in [0, 0.1) is 0 Å². The highest BCUT2D eigenvalue weighted by Gasteiger charge is 2.33. The van der Waals surface area contributed by atoms with Crippen LogP contribution in [0.5, 0.6) is 11.5 Å². The third kappa shape index (κ3) is 6.61. The lowest BCUT2D eigenvalue weighted by molar-refractivity contribution is -0.135. The summed E-state index contributed by atoms with van der Waals surface area (Å²) in [7, 11) is 3.20. The molecule has 180 valence electrons. The minimum Gasteiger partial charge on any atom is -0.497 e. The van der Waals surface area contributed by atoms with E-state index in [0.29, 0.717) is 44.3 Å². The summed E-state index contributed by atoms with van der Waals surface area (Å²) in [5.41, 5.74) is 1.11. The number of ether oxygens (including phenoxy) is 3. The van der Waals surface area contributed by atoms with Crippen LogP contribution in [0.2, 0.25) is 0 Å². The van der Waals surface area contributed by atoms with E-state index in [9.17, 15) is 9.59 Å². The van der Waals surface area contributed by atoms with Crippen LogP contribution in [0.15, 0.2) is 35.7 Å². The van der Waals surface area contributed by atoms with Gasteiger partial charge >= 0.3 is 6.03 Å². The monoisotopic (exact) mass is 475 g/mol. The van der Waals surface area contributed by atoms with Gasteiger partial charge in [-0.15, -0.1) is 11.3 Å². The van der Waals surface area contributed by atoms with E-state index in [0.717, 1.165) is 18.4 Å². The van der Waals surface area contributed by atoms with Gasteiger partial charge in [-0.25, -0.2) is 4.79 Å². The van der Waals surface area contributed by atoms with Crippen LogP contribution in [-0.2, 0) is 16.0 Å². The van der Waals surface area contributed by atoms with Gasteiger partial charge in [0.05, 0.1) is 19.8 Å². The molecule has 1 aromatic heterocycles. The first-order valence-electron chi connectivity index (χ1n) is 11.2. The number of hydrogen-bond acceptors (Lipinski definition) is 6. The Kier molecular flexibility index (Phi) is 9.38. The van der Waals surface area contributed by atoms with Crippen molar-refractivity contribution in [3.63, 3.8) is 0 Å². The van der Waals surface area contributed by atoms with Crippen LogP contribution >= 0.6 is 11.3 Å². The molecule has 0 saturated heterocycles. The first-order chi connectivity index (χ1) is 16.1. The maximum absolute atomic E-state index is 13.4. The molecule has 0 bridgehead atoms. The molecule has 2 aromatic rings. The number of methoxy groups -OCH3 is 2. The lowest BCUT2D eigenvalue weighted by Gasteiger charge is -2.37. The van der Waals surface area contributed by atoms with Crippen molar-refractivity contribution in [1.82, 2.24) is 15.1 Å². The normalized spacial score (nSPS) is 15.0. The lowest BCUT2D eigenvalue weighted by atomic mass is 10.0. The van der Waals surface area contributed by atoms with E-state index in [1.54, 1.807) is 25.6 Å². The molecule has 3 amide bonds. The zero-order chi connectivity index (χ0) is 23.6. The molecule has 0 unspecified atom stereocenters. The molecule has 1 aliphatic rings. The van der Waals surface area contributed by atoms with Crippen LogP contribution in [0.3, 0.4) is 0 Å². The maximum Gasteiger partial charge on any atom is 0.317 e. The van der Waals surface area contributed by atoms with Gasteiger partial charge in [0.1, 0.15) is 24.7 Å². The summed E-state index contributed by atoms with van der Waals surface area (Å²) in [6, 6.07) is 9.02. The number of nitrogens with one attached hydrogen (secondary N) is 1. The number of amides is 3. The standard InChI is InChI=1S/C24H33N3O5S/c1-4-10-25-24(29)26(12-13-30-2)16-23(28)27-11-8-22-20(9-14-33-22)21(27)17-32-19-7-5-6-18(15-19)31-3/h5-7,9,14-15,21H,4,8,10-13,16-17H2,1-3H3,(H,25,29)/t21-/m1/s1. The molecule has 0 saturated carbocycles. The van der Waals surface area contributed by atoms with E-state index >= 15 is 0 Å². The fourth-order valence-corrected chi connectivity index (χ4v) is 4.72. The summed E-state index contributed by atoms with van der Waals surface area (Å²) in [4.78, 5) is 30.6. The zero-order valence-electron chi connectivity index (χ0n) is 19.5. The molecule has 3 rings (SSSR count). The number of benzene rings is 1. The Hall–Kier alpha value is -2.78. The summed E-state index contributed by atoms with van der Waals surface area (Å²) in [5.74, 6) is 1.30. The van der Waals surface area contributed by atoms with Crippen LogP contribution in [0.25, 0.3) is 0 Å². The molecule has 1 N–H and O–H groups in total. The van der Waals surface area contributed by atoms with Gasteiger partial charge in [0, 0.05) is 37.7 Å². The third-order valence-electron chi connectivity index (χ3n) is 5.57. The van der Waals surface area contributed by atoms with Crippen molar-refractivity contribution in [2.24, 2.45) is 0 Å². The molecular formula is C24H33N3O5S. The van der Waals surface area contributed by atoms with E-state index in [1.165, 1.54) is 9.78 Å². The van der Waals surface area contributed by atoms with Gasteiger partial charge in [0.25, 0.3) is 0 Å². The van der Waals surface area contributed by atoms with Crippen molar-refractivity contribution in [1.29, 1.82) is 0 Å². The molecule has 1 aliphatic heterocycles. The quantitative estimate of drug-likeness (QED) is 0.539. The number of urea groups is 1. The molecule has 1 atom stereocenters. The topological polar surface area (TPSA) is 80.3 Å². The molecular weight excluding hydrogens is 442 g/mol. The Morgan fingerprint density at radius 3 is 2.82 bits per heavy atom. The van der Waals surface area contributed by atoms with Crippen molar-refractivity contribution < 1.29 is 23.8 Å². The molecule has 0 fully saturated rings. The fraction of sp³-hybridized carbons (Fsp3) is 0.500.